The number of carbonyl (C=O) groups excluding carboxylic acids is 1. The van der Waals surface area contributed by atoms with Crippen molar-refractivity contribution >= 4 is 27.5 Å². The Kier molecular flexibility index (Phi) is 5.71. The standard InChI is InChI=1S/C21H19BrN4O3/c1-13-5-7-14(8-6-13)12-23-21(27)18-10-17(28-25-18)11-19-24-20(26-29-19)15-3-2-4-16(22)9-15/h2-9,17H,10-12H2,1H3,(H,23,27)/t17-/m1/s1. The van der Waals surface area contributed by atoms with Crippen LogP contribution in [0.5, 0.6) is 0 Å². The molecule has 0 radical (unpaired) electrons. The van der Waals surface area contributed by atoms with E-state index in [1.807, 2.05) is 55.5 Å². The van der Waals surface area contributed by atoms with Gasteiger partial charge >= 0.3 is 0 Å². The van der Waals surface area contributed by atoms with Gasteiger partial charge in [-0.15, -0.1) is 0 Å². The lowest BCUT2D eigenvalue weighted by Crippen LogP contribution is -2.30. The summed E-state index contributed by atoms with van der Waals surface area (Å²) in [6.45, 7) is 2.47. The van der Waals surface area contributed by atoms with Crippen molar-refractivity contribution in [3.8, 4) is 11.4 Å². The van der Waals surface area contributed by atoms with Gasteiger partial charge < -0.3 is 14.7 Å². The molecule has 7 nitrogen and oxygen atoms in total. The molecule has 0 saturated carbocycles. The number of nitrogens with zero attached hydrogens (tertiary/aromatic N) is 3. The minimum absolute atomic E-state index is 0.228. The summed E-state index contributed by atoms with van der Waals surface area (Å²) in [4.78, 5) is 22.1. The zero-order chi connectivity index (χ0) is 20.2. The summed E-state index contributed by atoms with van der Waals surface area (Å²) in [5, 5.41) is 10.8. The van der Waals surface area contributed by atoms with Crippen molar-refractivity contribution in [2.24, 2.45) is 5.16 Å². The van der Waals surface area contributed by atoms with Gasteiger partial charge in [0, 0.05) is 23.0 Å². The van der Waals surface area contributed by atoms with Crippen molar-refractivity contribution in [2.75, 3.05) is 0 Å². The number of hydrogen-bond donors (Lipinski definition) is 1. The molecule has 4 rings (SSSR count). The molecule has 3 aromatic rings. The predicted octanol–water partition coefficient (Wildman–Crippen LogP) is 3.81. The number of hydrogen-bond acceptors (Lipinski definition) is 6. The highest BCUT2D eigenvalue weighted by molar-refractivity contribution is 9.10. The van der Waals surface area contributed by atoms with Crippen LogP contribution in [-0.2, 0) is 22.6 Å². The topological polar surface area (TPSA) is 89.6 Å². The van der Waals surface area contributed by atoms with E-state index in [2.05, 4.69) is 36.5 Å². The molecule has 1 N–H and O–H groups in total. The maximum Gasteiger partial charge on any atom is 0.269 e. The zero-order valence-electron chi connectivity index (χ0n) is 15.8. The SMILES string of the molecule is Cc1ccc(CNC(=O)C2=NO[C@@H](Cc3nc(-c4cccc(Br)c4)no3)C2)cc1. The number of halogens is 1. The van der Waals surface area contributed by atoms with E-state index >= 15 is 0 Å². The molecular formula is C21H19BrN4O3. The van der Waals surface area contributed by atoms with E-state index < -0.39 is 0 Å². The van der Waals surface area contributed by atoms with Crippen molar-refractivity contribution in [1.82, 2.24) is 15.5 Å². The van der Waals surface area contributed by atoms with E-state index in [-0.39, 0.29) is 12.0 Å². The van der Waals surface area contributed by atoms with Gasteiger partial charge in [-0.05, 0) is 24.6 Å². The summed E-state index contributed by atoms with van der Waals surface area (Å²) in [5.74, 6) is 0.728. The minimum atomic E-state index is -0.300. The van der Waals surface area contributed by atoms with E-state index in [1.54, 1.807) is 0 Å². The Balaban J connectivity index is 1.29. The van der Waals surface area contributed by atoms with Crippen molar-refractivity contribution in [3.05, 3.63) is 70.0 Å². The van der Waals surface area contributed by atoms with E-state index in [1.165, 1.54) is 5.56 Å². The second-order valence-corrected chi connectivity index (χ2v) is 7.78. The quantitative estimate of drug-likeness (QED) is 0.611. The molecule has 0 aliphatic carbocycles. The van der Waals surface area contributed by atoms with E-state index in [0.717, 1.165) is 15.6 Å². The second kappa shape index (κ2) is 8.57. The molecule has 0 fully saturated rings. The number of carbonyl (C=O) groups is 1. The minimum Gasteiger partial charge on any atom is -0.391 e. The first-order valence-corrected chi connectivity index (χ1v) is 10.0. The first-order chi connectivity index (χ1) is 14.1. The Hall–Kier alpha value is -3.00. The van der Waals surface area contributed by atoms with Gasteiger partial charge in [-0.3, -0.25) is 4.79 Å². The van der Waals surface area contributed by atoms with Crippen LogP contribution in [-0.4, -0.2) is 27.9 Å². The Bertz CT molecular complexity index is 1050. The Morgan fingerprint density at radius 3 is 2.86 bits per heavy atom. The number of oxime groups is 1. The average Bonchev–Trinajstić information content (AvgIpc) is 3.38. The molecular weight excluding hydrogens is 436 g/mol. The fraction of sp³-hybridized carbons (Fsp3) is 0.238. The molecule has 1 aliphatic rings. The highest BCUT2D eigenvalue weighted by Gasteiger charge is 2.28. The van der Waals surface area contributed by atoms with Crippen LogP contribution in [0.25, 0.3) is 11.4 Å². The van der Waals surface area contributed by atoms with Gasteiger partial charge in [0.15, 0.2) is 0 Å². The van der Waals surface area contributed by atoms with Gasteiger partial charge in [-0.25, -0.2) is 0 Å². The molecule has 2 aromatic carbocycles. The van der Waals surface area contributed by atoms with Gasteiger partial charge in [0.05, 0.1) is 6.42 Å². The van der Waals surface area contributed by atoms with Crippen molar-refractivity contribution < 1.29 is 14.2 Å². The van der Waals surface area contributed by atoms with Crippen LogP contribution in [0.1, 0.15) is 23.4 Å². The molecule has 1 amide bonds. The number of aromatic nitrogens is 2. The Morgan fingerprint density at radius 1 is 1.24 bits per heavy atom. The smallest absolute Gasteiger partial charge is 0.269 e. The van der Waals surface area contributed by atoms with Crippen LogP contribution in [0, 0.1) is 6.92 Å². The first-order valence-electron chi connectivity index (χ1n) is 9.22. The summed E-state index contributed by atoms with van der Waals surface area (Å²) in [6, 6.07) is 15.7. The molecule has 8 heteroatoms. The zero-order valence-corrected chi connectivity index (χ0v) is 17.3. The van der Waals surface area contributed by atoms with E-state index in [0.29, 0.717) is 36.8 Å². The van der Waals surface area contributed by atoms with Crippen LogP contribution in [0.3, 0.4) is 0 Å². The summed E-state index contributed by atoms with van der Waals surface area (Å²) in [7, 11) is 0. The predicted molar refractivity (Wildman–Crippen MR) is 111 cm³/mol. The number of nitrogens with one attached hydrogen (secondary N) is 1. The number of aryl methyl sites for hydroxylation is 1. The van der Waals surface area contributed by atoms with Gasteiger partial charge in [0.2, 0.25) is 11.7 Å². The Labute approximate surface area is 176 Å². The highest BCUT2D eigenvalue weighted by atomic mass is 79.9. The Morgan fingerprint density at radius 2 is 2.07 bits per heavy atom. The lowest BCUT2D eigenvalue weighted by molar-refractivity contribution is -0.115. The maximum absolute atomic E-state index is 12.3. The van der Waals surface area contributed by atoms with Crippen molar-refractivity contribution in [3.63, 3.8) is 0 Å². The van der Waals surface area contributed by atoms with E-state index in [9.17, 15) is 4.79 Å². The largest absolute Gasteiger partial charge is 0.391 e. The third-order valence-electron chi connectivity index (χ3n) is 4.52. The molecule has 0 spiro atoms. The molecule has 148 valence electrons. The fourth-order valence-corrected chi connectivity index (χ4v) is 3.34. The number of rotatable bonds is 6. The second-order valence-electron chi connectivity index (χ2n) is 6.86. The van der Waals surface area contributed by atoms with Gasteiger partial charge in [0.25, 0.3) is 5.91 Å². The monoisotopic (exact) mass is 454 g/mol. The highest BCUT2D eigenvalue weighted by Crippen LogP contribution is 2.22. The van der Waals surface area contributed by atoms with Crippen LogP contribution in [0.15, 0.2) is 62.7 Å². The molecule has 1 aromatic heterocycles. The molecule has 1 aliphatic heterocycles. The number of amides is 1. The van der Waals surface area contributed by atoms with E-state index in [4.69, 9.17) is 9.36 Å². The van der Waals surface area contributed by atoms with Gasteiger partial charge in [-0.1, -0.05) is 68.2 Å². The molecule has 29 heavy (non-hydrogen) atoms. The third kappa shape index (κ3) is 4.89. The van der Waals surface area contributed by atoms with Crippen LogP contribution in [0.4, 0.5) is 0 Å². The molecule has 1 atom stereocenters. The third-order valence-corrected chi connectivity index (χ3v) is 5.02. The maximum atomic E-state index is 12.3. The first kappa shape index (κ1) is 19.3. The lowest BCUT2D eigenvalue weighted by atomic mass is 10.1. The van der Waals surface area contributed by atoms with Gasteiger partial charge in [0.1, 0.15) is 11.8 Å². The average molecular weight is 455 g/mol. The summed E-state index contributed by atoms with van der Waals surface area (Å²) < 4.78 is 6.26. The number of benzene rings is 2. The summed E-state index contributed by atoms with van der Waals surface area (Å²) in [6.07, 6.45) is 0.485. The molecule has 2 heterocycles. The van der Waals surface area contributed by atoms with Gasteiger partial charge in [-0.2, -0.15) is 4.98 Å². The summed E-state index contributed by atoms with van der Waals surface area (Å²) in [5.41, 5.74) is 3.44. The molecule has 0 saturated heterocycles. The van der Waals surface area contributed by atoms with Crippen LogP contribution >= 0.6 is 15.9 Å². The molecule has 0 unspecified atom stereocenters. The fourth-order valence-electron chi connectivity index (χ4n) is 2.94. The van der Waals surface area contributed by atoms with Crippen LogP contribution < -0.4 is 5.32 Å². The lowest BCUT2D eigenvalue weighted by Gasteiger charge is -2.05. The van der Waals surface area contributed by atoms with Crippen molar-refractivity contribution in [1.29, 1.82) is 0 Å². The van der Waals surface area contributed by atoms with Crippen molar-refractivity contribution in [2.45, 2.75) is 32.4 Å². The molecule has 0 bridgehead atoms. The van der Waals surface area contributed by atoms with Crippen LogP contribution in [0.2, 0.25) is 0 Å². The normalized spacial score (nSPS) is 15.7. The summed E-state index contributed by atoms with van der Waals surface area (Å²) >= 11 is 3.43.